The Morgan fingerprint density at radius 3 is 2.95 bits per heavy atom. The molecule has 2 amide bonds. The average molecular weight is 522 g/mol. The van der Waals surface area contributed by atoms with Crippen LogP contribution in [0.15, 0.2) is 45.9 Å². The second-order valence-electron chi connectivity index (χ2n) is 9.75. The molecule has 0 saturated carbocycles. The Morgan fingerprint density at radius 2 is 2.16 bits per heavy atom. The monoisotopic (exact) mass is 521 g/mol. The van der Waals surface area contributed by atoms with E-state index in [0.29, 0.717) is 24.7 Å². The van der Waals surface area contributed by atoms with Gasteiger partial charge in [-0.2, -0.15) is 10.4 Å². The van der Waals surface area contributed by atoms with Gasteiger partial charge in [0.1, 0.15) is 0 Å². The van der Waals surface area contributed by atoms with Crippen molar-refractivity contribution < 1.29 is 18.5 Å². The Labute approximate surface area is 215 Å². The molecule has 37 heavy (non-hydrogen) atoms. The first-order chi connectivity index (χ1) is 17.7. The van der Waals surface area contributed by atoms with Gasteiger partial charge in [-0.3, -0.25) is 0 Å². The minimum Gasteiger partial charge on any atom is -0.481 e. The number of anilines is 1. The highest BCUT2D eigenvalue weighted by Crippen LogP contribution is 2.39. The van der Waals surface area contributed by atoms with Crippen LogP contribution in [0.4, 0.5) is 10.5 Å². The lowest BCUT2D eigenvalue weighted by Crippen LogP contribution is -2.33. The summed E-state index contributed by atoms with van der Waals surface area (Å²) < 4.78 is 32.7. The number of nitriles is 1. The second-order valence-corrected chi connectivity index (χ2v) is 11.6. The van der Waals surface area contributed by atoms with Crippen LogP contribution in [0, 0.1) is 16.9 Å². The zero-order valence-electron chi connectivity index (χ0n) is 20.8. The maximum Gasteiger partial charge on any atom is 0.355 e. The highest BCUT2D eigenvalue weighted by molar-refractivity contribution is 7.92. The number of fused-ring (bicyclic) bond motifs is 2. The fourth-order valence-electron chi connectivity index (χ4n) is 4.69. The molecule has 11 nitrogen and oxygen atoms in total. The molecular weight excluding hydrogens is 494 g/mol. The van der Waals surface area contributed by atoms with Crippen LogP contribution in [0.1, 0.15) is 31.4 Å². The number of aromatic nitrogens is 3. The highest BCUT2D eigenvalue weighted by Gasteiger charge is 2.33. The van der Waals surface area contributed by atoms with Crippen molar-refractivity contribution in [3.63, 3.8) is 0 Å². The van der Waals surface area contributed by atoms with Gasteiger partial charge in [0, 0.05) is 23.2 Å². The van der Waals surface area contributed by atoms with E-state index in [-0.39, 0.29) is 16.2 Å². The van der Waals surface area contributed by atoms with Crippen molar-refractivity contribution in [2.45, 2.75) is 44.6 Å². The second kappa shape index (κ2) is 9.40. The Kier molecular flexibility index (Phi) is 6.25. The van der Waals surface area contributed by atoms with E-state index in [1.54, 1.807) is 23.1 Å². The number of rotatable bonds is 5. The van der Waals surface area contributed by atoms with Gasteiger partial charge in [0.15, 0.2) is 21.0 Å². The first-order valence-electron chi connectivity index (χ1n) is 11.8. The molecule has 0 radical (unpaired) electrons. The third-order valence-corrected chi connectivity index (χ3v) is 8.07. The molecule has 2 aliphatic rings. The van der Waals surface area contributed by atoms with Crippen molar-refractivity contribution in [2.75, 3.05) is 19.0 Å². The van der Waals surface area contributed by atoms with Gasteiger partial charge in [0.25, 0.3) is 0 Å². The maximum atomic E-state index is 13.8. The number of nitrogens with one attached hydrogen (secondary N) is 2. The Balaban J connectivity index is 1.55. The van der Waals surface area contributed by atoms with Crippen LogP contribution in [-0.2, 0) is 29.3 Å². The van der Waals surface area contributed by atoms with Crippen molar-refractivity contribution in [1.82, 2.24) is 19.5 Å². The van der Waals surface area contributed by atoms with Crippen molar-refractivity contribution in [3.8, 4) is 29.1 Å². The van der Waals surface area contributed by atoms with Gasteiger partial charge in [-0.1, -0.05) is 26.0 Å². The summed E-state index contributed by atoms with van der Waals surface area (Å²) in [6, 6.07) is 6.73. The minimum absolute atomic E-state index is 0.0529. The Bertz CT molecular complexity index is 1550. The fourth-order valence-corrected chi connectivity index (χ4v) is 5.94. The van der Waals surface area contributed by atoms with E-state index in [1.165, 1.54) is 13.3 Å². The van der Waals surface area contributed by atoms with Gasteiger partial charge in [-0.15, -0.1) is 4.36 Å². The zero-order valence-corrected chi connectivity index (χ0v) is 21.6. The van der Waals surface area contributed by atoms with Crippen molar-refractivity contribution in [1.29, 1.82) is 5.26 Å². The SMILES string of the molecule is COc1cc(-c2ccc3c(c2NC(=O)N=[S@@](=O)(NC#N)c2cnn4c2OCC(C)(C)C4)CCC3)ccn1. The number of carbonyl (C=O) groups is 1. The Hall–Kier alpha value is -4.11. The normalized spacial score (nSPS) is 16.8. The first-order valence-corrected chi connectivity index (χ1v) is 13.3. The minimum atomic E-state index is -3.71. The van der Waals surface area contributed by atoms with E-state index in [1.807, 2.05) is 26.0 Å². The van der Waals surface area contributed by atoms with Crippen molar-refractivity contribution in [2.24, 2.45) is 9.78 Å². The molecule has 0 saturated heterocycles. The summed E-state index contributed by atoms with van der Waals surface area (Å²) in [5.74, 6) is 0.671. The van der Waals surface area contributed by atoms with Crippen LogP contribution in [0.5, 0.6) is 11.8 Å². The number of nitrogens with zero attached hydrogens (tertiary/aromatic N) is 5. The van der Waals surface area contributed by atoms with Gasteiger partial charge in [0.2, 0.25) is 11.8 Å². The van der Waals surface area contributed by atoms with Gasteiger partial charge < -0.3 is 14.8 Å². The number of aryl methyl sites for hydroxylation is 1. The largest absolute Gasteiger partial charge is 0.481 e. The summed E-state index contributed by atoms with van der Waals surface area (Å²) in [6.45, 7) is 4.95. The maximum absolute atomic E-state index is 13.8. The van der Waals surface area contributed by atoms with E-state index in [4.69, 9.17) is 9.47 Å². The van der Waals surface area contributed by atoms with Gasteiger partial charge in [0.05, 0.1) is 32.1 Å². The predicted octanol–water partition coefficient (Wildman–Crippen LogP) is 3.91. The molecule has 1 aromatic carbocycles. The van der Waals surface area contributed by atoms with Crippen LogP contribution < -0.4 is 19.5 Å². The van der Waals surface area contributed by atoms with Crippen LogP contribution in [0.2, 0.25) is 0 Å². The van der Waals surface area contributed by atoms with Crippen molar-refractivity contribution >= 4 is 21.6 Å². The molecule has 0 spiro atoms. The molecular formula is C25H27N7O4S. The summed E-state index contributed by atoms with van der Waals surface area (Å²) in [5.41, 5.74) is 4.12. The number of urea groups is 1. The zero-order chi connectivity index (χ0) is 26.2. The molecule has 0 unspecified atom stereocenters. The molecule has 192 valence electrons. The van der Waals surface area contributed by atoms with E-state index in [9.17, 15) is 14.3 Å². The smallest absolute Gasteiger partial charge is 0.355 e. The molecule has 1 aliphatic heterocycles. The number of ether oxygens (including phenoxy) is 2. The van der Waals surface area contributed by atoms with Crippen molar-refractivity contribution in [3.05, 3.63) is 47.8 Å². The summed E-state index contributed by atoms with van der Waals surface area (Å²) in [7, 11) is -2.17. The molecule has 0 fully saturated rings. The van der Waals surface area contributed by atoms with Crippen LogP contribution in [0.3, 0.4) is 0 Å². The number of carbonyl (C=O) groups excluding carboxylic acids is 1. The standard InChI is InChI=1S/C25H27N7O4S/c1-25(2)13-32-23(36-14-25)20(12-28-32)37(34,29-15-26)31-24(33)30-22-18-6-4-5-16(18)7-8-19(22)17-9-10-27-21(11-17)35-3/h7-12H,4-6,13-14H2,1-3H3,(H2,29,30,31,33,34)/t37-/m0/s1. The van der Waals surface area contributed by atoms with E-state index < -0.39 is 15.9 Å². The third kappa shape index (κ3) is 4.70. The molecule has 5 rings (SSSR count). The topological polar surface area (TPSA) is 144 Å². The molecule has 2 N–H and O–H groups in total. The van der Waals surface area contributed by atoms with Crippen LogP contribution >= 0.6 is 0 Å². The van der Waals surface area contributed by atoms with Gasteiger partial charge >= 0.3 is 6.03 Å². The number of benzene rings is 1. The number of pyridine rings is 1. The molecule has 2 aromatic heterocycles. The number of hydrogen-bond donors (Lipinski definition) is 2. The quantitative estimate of drug-likeness (QED) is 0.383. The third-order valence-electron chi connectivity index (χ3n) is 6.40. The number of hydrogen-bond acceptors (Lipinski definition) is 7. The summed E-state index contributed by atoms with van der Waals surface area (Å²) in [6.07, 6.45) is 7.27. The first kappa shape index (κ1) is 24.6. The molecule has 12 heteroatoms. The highest BCUT2D eigenvalue weighted by atomic mass is 32.2. The van der Waals surface area contributed by atoms with E-state index in [0.717, 1.165) is 41.5 Å². The number of methoxy groups -OCH3 is 1. The molecule has 3 heterocycles. The lowest BCUT2D eigenvalue weighted by atomic mass is 9.94. The lowest BCUT2D eigenvalue weighted by Gasteiger charge is -2.30. The fraction of sp³-hybridized carbons (Fsp3) is 0.360. The van der Waals surface area contributed by atoms with Gasteiger partial charge in [-0.25, -0.2) is 23.4 Å². The van der Waals surface area contributed by atoms with Crippen LogP contribution in [-0.4, -0.2) is 38.7 Å². The summed E-state index contributed by atoms with van der Waals surface area (Å²) in [4.78, 5) is 17.5. The summed E-state index contributed by atoms with van der Waals surface area (Å²) >= 11 is 0. The molecule has 1 aliphatic carbocycles. The molecule has 0 bridgehead atoms. The average Bonchev–Trinajstić information content (AvgIpc) is 3.51. The number of amides is 2. The molecule has 3 aromatic rings. The van der Waals surface area contributed by atoms with Gasteiger partial charge in [-0.05, 0) is 42.0 Å². The lowest BCUT2D eigenvalue weighted by molar-refractivity contribution is 0.0971. The van der Waals surface area contributed by atoms with Crippen LogP contribution in [0.25, 0.3) is 11.1 Å². The van der Waals surface area contributed by atoms with E-state index >= 15 is 0 Å². The summed E-state index contributed by atoms with van der Waals surface area (Å²) in [5, 5.41) is 16.5. The predicted molar refractivity (Wildman–Crippen MR) is 136 cm³/mol. The molecule has 1 atom stereocenters. The van der Waals surface area contributed by atoms with E-state index in [2.05, 4.69) is 30.6 Å². The Morgan fingerprint density at radius 1 is 1.32 bits per heavy atom.